The summed E-state index contributed by atoms with van der Waals surface area (Å²) in [6, 6.07) is 58.1. The Bertz CT molecular complexity index is 2980. The molecule has 0 radical (unpaired) electrons. The van der Waals surface area contributed by atoms with Gasteiger partial charge in [-0.15, -0.1) is 0 Å². The van der Waals surface area contributed by atoms with Gasteiger partial charge in [0.25, 0.3) is 0 Å². The second-order valence-electron chi connectivity index (χ2n) is 16.3. The summed E-state index contributed by atoms with van der Waals surface area (Å²) in [5, 5.41) is 1.24. The number of furan rings is 1. The number of aryl methyl sites for hydroxylation is 4. The average molecular weight is 860 g/mol. The number of anilines is 2. The van der Waals surface area contributed by atoms with Gasteiger partial charge in [-0.05, 0) is 103 Å². The van der Waals surface area contributed by atoms with Gasteiger partial charge in [0, 0.05) is 34.3 Å². The van der Waals surface area contributed by atoms with Crippen LogP contribution in [0.15, 0.2) is 225 Å². The van der Waals surface area contributed by atoms with Gasteiger partial charge in [-0.1, -0.05) is 227 Å². The molecule has 0 bridgehead atoms. The first kappa shape index (κ1) is 46.3. The molecule has 0 saturated heterocycles. The lowest BCUT2D eigenvalue weighted by molar-refractivity contribution is 0.546. The highest BCUT2D eigenvalue weighted by molar-refractivity contribution is 5.98. The molecule has 328 valence electrons. The lowest BCUT2D eigenvalue weighted by atomic mass is 9.67. The highest BCUT2D eigenvalue weighted by atomic mass is 16.3. The molecule has 1 aromatic heterocycles. The lowest BCUT2D eigenvalue weighted by Gasteiger charge is -2.36. The van der Waals surface area contributed by atoms with E-state index in [0.29, 0.717) is 0 Å². The van der Waals surface area contributed by atoms with Crippen LogP contribution in [-0.2, 0) is 11.8 Å². The quantitative estimate of drug-likeness (QED) is 0.134. The van der Waals surface area contributed by atoms with E-state index in [1.165, 1.54) is 61.0 Å². The molecular formula is C64H61NO. The standard InChI is InChI=1S/C43H37N.C12H10O.C7H8.C2H6/c1-7-17-34(8-2)44(35-25-22-30(5)23-26-35)41-29-40-42(37(10-4)36(41)9-3)38-27-24-31(6)28-39(38)43(40,32-18-13-11-14-19-32)33-20-15-12-16-21-33;1-3-7-11-9(5-1)10-6-2-4-8-12(10)13-11;1-7-5-3-2-4-6-7;1-2/h7-29H,1-4H2,5-6H3;1-3,5-7H,4,8H2;2-6H,1H3;1-2H3/b34-17+;;;. The van der Waals surface area contributed by atoms with Gasteiger partial charge in [-0.3, -0.25) is 0 Å². The first-order valence-corrected chi connectivity index (χ1v) is 23.0. The zero-order chi connectivity index (χ0) is 46.6. The molecule has 0 N–H and O–H groups in total. The molecule has 2 aliphatic rings. The second-order valence-corrected chi connectivity index (χ2v) is 16.3. The van der Waals surface area contributed by atoms with Crippen LogP contribution in [0.5, 0.6) is 0 Å². The fourth-order valence-electron chi connectivity index (χ4n) is 9.31. The van der Waals surface area contributed by atoms with Crippen LogP contribution in [0.25, 0.3) is 40.3 Å². The molecule has 0 saturated carbocycles. The summed E-state index contributed by atoms with van der Waals surface area (Å²) in [7, 11) is 0. The molecule has 2 aliphatic carbocycles. The molecule has 0 atom stereocenters. The zero-order valence-electron chi connectivity index (χ0n) is 39.2. The van der Waals surface area contributed by atoms with Crippen molar-refractivity contribution in [3.05, 3.63) is 282 Å². The molecule has 2 nitrogen and oxygen atoms in total. The SMILES string of the molecule is C1=Cc2c(oc3ccccc23)CC1.C=C/C=C(\C=C)N(c1ccc(C)cc1)c1cc2c(c(C=C)c1C=C)-c1ccc(C)cc1C2(c1ccccc1)c1ccccc1.CC.Cc1ccccc1. The molecule has 2 heteroatoms. The fourth-order valence-corrected chi connectivity index (χ4v) is 9.31. The molecule has 1 heterocycles. The Labute approximate surface area is 393 Å². The molecule has 0 amide bonds. The lowest BCUT2D eigenvalue weighted by Crippen LogP contribution is -2.29. The van der Waals surface area contributed by atoms with E-state index in [1.54, 1.807) is 0 Å². The van der Waals surface area contributed by atoms with E-state index >= 15 is 0 Å². The maximum Gasteiger partial charge on any atom is 0.134 e. The van der Waals surface area contributed by atoms with Crippen LogP contribution in [0.3, 0.4) is 0 Å². The third-order valence-electron chi connectivity index (χ3n) is 12.2. The van der Waals surface area contributed by atoms with Crippen molar-refractivity contribution in [3.63, 3.8) is 0 Å². The summed E-state index contributed by atoms with van der Waals surface area (Å²) in [4.78, 5) is 2.26. The van der Waals surface area contributed by atoms with E-state index in [-0.39, 0.29) is 0 Å². The number of hydrogen-bond acceptors (Lipinski definition) is 2. The predicted molar refractivity (Wildman–Crippen MR) is 287 cm³/mol. The van der Waals surface area contributed by atoms with Crippen LogP contribution in [0.2, 0.25) is 0 Å². The van der Waals surface area contributed by atoms with Crippen molar-refractivity contribution in [2.45, 2.75) is 52.9 Å². The topological polar surface area (TPSA) is 16.4 Å². The molecule has 0 unspecified atom stereocenters. The Morgan fingerprint density at radius 3 is 1.76 bits per heavy atom. The Morgan fingerprint density at radius 2 is 1.18 bits per heavy atom. The minimum Gasteiger partial charge on any atom is -0.460 e. The van der Waals surface area contributed by atoms with Crippen molar-refractivity contribution in [2.75, 3.05) is 4.90 Å². The summed E-state index contributed by atoms with van der Waals surface area (Å²) in [6.45, 7) is 27.3. The number of allylic oxidation sites excluding steroid dienone is 4. The molecular weight excluding hydrogens is 799 g/mol. The summed E-state index contributed by atoms with van der Waals surface area (Å²) < 4.78 is 5.74. The molecule has 0 spiro atoms. The molecule has 10 rings (SSSR count). The van der Waals surface area contributed by atoms with Gasteiger partial charge in [0.15, 0.2) is 0 Å². The van der Waals surface area contributed by atoms with E-state index in [0.717, 1.165) is 52.4 Å². The van der Waals surface area contributed by atoms with Crippen LogP contribution in [0.4, 0.5) is 11.4 Å². The van der Waals surface area contributed by atoms with Crippen molar-refractivity contribution >= 4 is 40.6 Å². The molecule has 8 aromatic rings. The first-order valence-electron chi connectivity index (χ1n) is 23.0. The maximum atomic E-state index is 5.74. The number of nitrogens with zero attached hydrogens (tertiary/aromatic N) is 1. The Balaban J connectivity index is 0.000000238. The predicted octanol–water partition coefficient (Wildman–Crippen LogP) is 17.8. The first-order chi connectivity index (χ1) is 32.3. The second kappa shape index (κ2) is 21.3. The highest BCUT2D eigenvalue weighted by Gasteiger charge is 2.47. The Hall–Kier alpha value is -7.68. The van der Waals surface area contributed by atoms with Gasteiger partial charge < -0.3 is 9.32 Å². The van der Waals surface area contributed by atoms with Gasteiger partial charge in [0.05, 0.1) is 11.1 Å². The third kappa shape index (κ3) is 9.01. The fraction of sp³-hybridized carbons (Fsp3) is 0.125. The van der Waals surface area contributed by atoms with E-state index in [2.05, 4.69) is 198 Å². The monoisotopic (exact) mass is 859 g/mol. The number of hydrogen-bond donors (Lipinski definition) is 0. The van der Waals surface area contributed by atoms with Gasteiger partial charge in [0.2, 0.25) is 0 Å². The van der Waals surface area contributed by atoms with Gasteiger partial charge >= 0.3 is 0 Å². The average Bonchev–Trinajstić information content (AvgIpc) is 3.89. The van der Waals surface area contributed by atoms with E-state index < -0.39 is 5.41 Å². The summed E-state index contributed by atoms with van der Waals surface area (Å²) >= 11 is 0. The minimum atomic E-state index is -0.555. The van der Waals surface area contributed by atoms with Crippen LogP contribution in [0, 0.1) is 20.8 Å². The highest BCUT2D eigenvalue weighted by Crippen LogP contribution is 2.59. The van der Waals surface area contributed by atoms with Gasteiger partial charge in [-0.2, -0.15) is 0 Å². The molecule has 7 aromatic carbocycles. The largest absolute Gasteiger partial charge is 0.460 e. The molecule has 0 aliphatic heterocycles. The summed E-state index contributed by atoms with van der Waals surface area (Å²) in [5.74, 6) is 1.14. The summed E-state index contributed by atoms with van der Waals surface area (Å²) in [5.41, 5.74) is 17.8. The van der Waals surface area contributed by atoms with E-state index in [9.17, 15) is 0 Å². The number of rotatable bonds is 9. The number of para-hydroxylation sites is 1. The molecule has 0 fully saturated rings. The van der Waals surface area contributed by atoms with Crippen molar-refractivity contribution in [3.8, 4) is 11.1 Å². The van der Waals surface area contributed by atoms with Gasteiger partial charge in [0.1, 0.15) is 11.3 Å². The van der Waals surface area contributed by atoms with Crippen molar-refractivity contribution in [1.82, 2.24) is 0 Å². The molecule has 66 heavy (non-hydrogen) atoms. The van der Waals surface area contributed by atoms with Crippen molar-refractivity contribution < 1.29 is 4.42 Å². The Morgan fingerprint density at radius 1 is 0.606 bits per heavy atom. The minimum absolute atomic E-state index is 0.555. The van der Waals surface area contributed by atoms with Crippen molar-refractivity contribution in [2.24, 2.45) is 0 Å². The third-order valence-corrected chi connectivity index (χ3v) is 12.2. The Kier molecular flexibility index (Phi) is 15.0. The van der Waals surface area contributed by atoms with Crippen LogP contribution in [-0.4, -0.2) is 0 Å². The van der Waals surface area contributed by atoms with Crippen LogP contribution < -0.4 is 4.90 Å². The maximum absolute atomic E-state index is 5.74. The normalized spacial score (nSPS) is 12.6. The van der Waals surface area contributed by atoms with E-state index in [1.807, 2.05) is 74.6 Å². The number of benzene rings is 7. The summed E-state index contributed by atoms with van der Waals surface area (Å²) in [6.07, 6.45) is 16.2. The van der Waals surface area contributed by atoms with Crippen LogP contribution in [0.1, 0.15) is 81.7 Å². The number of fused-ring (bicyclic) bond motifs is 6. The zero-order valence-corrected chi connectivity index (χ0v) is 39.2. The van der Waals surface area contributed by atoms with E-state index in [4.69, 9.17) is 4.42 Å². The van der Waals surface area contributed by atoms with Crippen LogP contribution >= 0.6 is 0 Å². The smallest absolute Gasteiger partial charge is 0.134 e. The van der Waals surface area contributed by atoms with Crippen molar-refractivity contribution in [1.29, 1.82) is 0 Å². The van der Waals surface area contributed by atoms with Gasteiger partial charge in [-0.25, -0.2) is 0 Å².